The van der Waals surface area contributed by atoms with Gasteiger partial charge in [-0.2, -0.15) is 0 Å². The van der Waals surface area contributed by atoms with Crippen LogP contribution >= 0.6 is 7.60 Å². The molecule has 170 valence electrons. The lowest BCUT2D eigenvalue weighted by Gasteiger charge is -2.16. The topological polar surface area (TPSA) is 76.0 Å². The van der Waals surface area contributed by atoms with Gasteiger partial charge in [-0.1, -0.05) is 103 Å². The average molecular weight is 423 g/mol. The highest BCUT2D eigenvalue weighted by molar-refractivity contribution is 7.51. The summed E-state index contributed by atoms with van der Waals surface area (Å²) in [6.45, 7) is 3.16. The number of ether oxygens (including phenoxy) is 2. The van der Waals surface area contributed by atoms with Crippen molar-refractivity contribution in [2.45, 2.75) is 116 Å². The minimum atomic E-state index is -4.04. The molecule has 1 unspecified atom stereocenters. The first-order valence-electron chi connectivity index (χ1n) is 11.6. The van der Waals surface area contributed by atoms with E-state index in [1.165, 1.54) is 97.0 Å². The van der Waals surface area contributed by atoms with Gasteiger partial charge in [0, 0.05) is 13.7 Å². The van der Waals surface area contributed by atoms with Crippen molar-refractivity contribution in [1.82, 2.24) is 0 Å². The Morgan fingerprint density at radius 1 is 0.714 bits per heavy atom. The van der Waals surface area contributed by atoms with E-state index >= 15 is 0 Å². The summed E-state index contributed by atoms with van der Waals surface area (Å²) >= 11 is 0. The van der Waals surface area contributed by atoms with E-state index in [0.717, 1.165) is 12.8 Å². The molecule has 0 saturated heterocycles. The maximum Gasteiger partial charge on any atom is 0.328 e. The molecule has 0 aliphatic heterocycles. The Hall–Kier alpha value is 0.0700. The van der Waals surface area contributed by atoms with E-state index in [0.29, 0.717) is 6.61 Å². The molecule has 0 aliphatic carbocycles. The van der Waals surface area contributed by atoms with Crippen molar-refractivity contribution in [3.05, 3.63) is 0 Å². The van der Waals surface area contributed by atoms with Crippen LogP contribution in [0.25, 0.3) is 0 Å². The number of hydrogen-bond acceptors (Lipinski definition) is 3. The van der Waals surface area contributed by atoms with Gasteiger partial charge in [-0.15, -0.1) is 0 Å². The number of methoxy groups -OCH3 is 1. The maximum atomic E-state index is 11.0. The van der Waals surface area contributed by atoms with Crippen molar-refractivity contribution in [1.29, 1.82) is 0 Å². The fourth-order valence-corrected chi connectivity index (χ4v) is 4.21. The van der Waals surface area contributed by atoms with Crippen molar-refractivity contribution >= 4 is 7.60 Å². The van der Waals surface area contributed by atoms with Crippen LogP contribution in [0.2, 0.25) is 0 Å². The van der Waals surface area contributed by atoms with E-state index in [4.69, 9.17) is 19.3 Å². The minimum Gasteiger partial charge on any atom is -0.379 e. The second-order valence-corrected chi connectivity index (χ2v) is 9.78. The van der Waals surface area contributed by atoms with Crippen molar-refractivity contribution in [2.24, 2.45) is 0 Å². The van der Waals surface area contributed by atoms with Crippen LogP contribution in [-0.4, -0.2) is 42.4 Å². The molecule has 0 aromatic heterocycles. The first-order valence-corrected chi connectivity index (χ1v) is 13.4. The molecule has 0 saturated carbocycles. The molecule has 0 spiro atoms. The van der Waals surface area contributed by atoms with E-state index in [1.54, 1.807) is 0 Å². The first kappa shape index (κ1) is 28.1. The van der Waals surface area contributed by atoms with Gasteiger partial charge in [0.2, 0.25) is 0 Å². The van der Waals surface area contributed by atoms with Crippen LogP contribution in [0.3, 0.4) is 0 Å². The third-order valence-corrected chi connectivity index (χ3v) is 6.10. The molecule has 28 heavy (non-hydrogen) atoms. The molecule has 0 radical (unpaired) electrons. The van der Waals surface area contributed by atoms with Crippen LogP contribution in [0.5, 0.6) is 0 Å². The Morgan fingerprint density at radius 2 is 1.11 bits per heavy atom. The lowest BCUT2D eigenvalue weighted by atomic mass is 10.0. The third kappa shape index (κ3) is 22.4. The monoisotopic (exact) mass is 422 g/mol. The second kappa shape index (κ2) is 20.3. The zero-order chi connectivity index (χ0) is 20.9. The minimum absolute atomic E-state index is 0.250. The Morgan fingerprint density at radius 3 is 1.46 bits per heavy atom. The first-order chi connectivity index (χ1) is 13.5. The molecular formula is C22H47O5P. The summed E-state index contributed by atoms with van der Waals surface area (Å²) in [5.41, 5.74) is 0. The van der Waals surface area contributed by atoms with Gasteiger partial charge in [-0.25, -0.2) is 0 Å². The van der Waals surface area contributed by atoms with Gasteiger partial charge in [0.05, 0.1) is 18.9 Å². The fourth-order valence-electron chi connectivity index (χ4n) is 3.43. The largest absolute Gasteiger partial charge is 0.379 e. The van der Waals surface area contributed by atoms with Gasteiger partial charge < -0.3 is 19.3 Å². The molecule has 5 nitrogen and oxygen atoms in total. The van der Waals surface area contributed by atoms with Gasteiger partial charge in [0.25, 0.3) is 0 Å². The van der Waals surface area contributed by atoms with E-state index in [-0.39, 0.29) is 12.8 Å². The molecule has 0 fully saturated rings. The number of hydrogen-bond donors (Lipinski definition) is 2. The predicted molar refractivity (Wildman–Crippen MR) is 118 cm³/mol. The number of rotatable bonds is 22. The molecule has 0 bridgehead atoms. The van der Waals surface area contributed by atoms with Gasteiger partial charge in [0.1, 0.15) is 0 Å². The van der Waals surface area contributed by atoms with Crippen LogP contribution in [0.15, 0.2) is 0 Å². The zero-order valence-corrected chi connectivity index (χ0v) is 19.5. The summed E-state index contributed by atoms with van der Waals surface area (Å²) in [4.78, 5) is 17.9. The Bertz CT molecular complexity index is 359. The van der Waals surface area contributed by atoms with Crippen LogP contribution in [0, 0.1) is 0 Å². The lowest BCUT2D eigenvalue weighted by Crippen LogP contribution is -2.23. The molecule has 6 heteroatoms. The predicted octanol–water partition coefficient (Wildman–Crippen LogP) is 6.46. The third-order valence-electron chi connectivity index (χ3n) is 5.22. The summed E-state index contributed by atoms with van der Waals surface area (Å²) in [6, 6.07) is 0. The lowest BCUT2D eigenvalue weighted by molar-refractivity contribution is 0.0169. The van der Waals surface area contributed by atoms with Crippen molar-refractivity contribution in [3.63, 3.8) is 0 Å². The molecule has 0 aromatic carbocycles. The Balaban J connectivity index is 3.20. The molecule has 1 atom stereocenters. The summed E-state index contributed by atoms with van der Waals surface area (Å²) in [6.07, 6.45) is 20.7. The standard InChI is InChI=1S/C22H47O5P/c1-3-4-5-6-7-8-9-10-11-12-13-14-15-16-17-18-19-27-20-22(26-2)21-28(23,24)25/h22H,3-21H2,1-2H3,(H2,23,24,25). The molecule has 0 heterocycles. The van der Waals surface area contributed by atoms with Crippen LogP contribution in [0.1, 0.15) is 110 Å². The Labute approximate surface area is 174 Å². The van der Waals surface area contributed by atoms with Crippen LogP contribution < -0.4 is 0 Å². The SMILES string of the molecule is CCCCCCCCCCCCCCCCCCOCC(CP(=O)(O)O)OC. The normalized spacial score (nSPS) is 13.1. The van der Waals surface area contributed by atoms with Crippen LogP contribution in [0.4, 0.5) is 0 Å². The maximum absolute atomic E-state index is 11.0. The molecule has 0 aromatic rings. The van der Waals surface area contributed by atoms with Gasteiger partial charge >= 0.3 is 7.60 Å². The molecule has 0 amide bonds. The fraction of sp³-hybridized carbons (Fsp3) is 1.00. The second-order valence-electron chi connectivity index (χ2n) is 8.08. The van der Waals surface area contributed by atoms with Gasteiger partial charge in [-0.05, 0) is 6.42 Å². The van der Waals surface area contributed by atoms with Crippen molar-refractivity contribution in [2.75, 3.05) is 26.5 Å². The highest BCUT2D eigenvalue weighted by atomic mass is 31.2. The summed E-state index contributed by atoms with van der Waals surface area (Å²) < 4.78 is 21.5. The number of unbranched alkanes of at least 4 members (excludes halogenated alkanes) is 15. The summed E-state index contributed by atoms with van der Waals surface area (Å²) in [5, 5.41) is 0. The highest BCUT2D eigenvalue weighted by Gasteiger charge is 2.21. The van der Waals surface area contributed by atoms with Crippen molar-refractivity contribution < 1.29 is 23.8 Å². The van der Waals surface area contributed by atoms with E-state index in [2.05, 4.69) is 6.92 Å². The Kier molecular flexibility index (Phi) is 20.4. The van der Waals surface area contributed by atoms with Gasteiger partial charge in [-0.3, -0.25) is 4.57 Å². The molecule has 0 aliphatic rings. The van der Waals surface area contributed by atoms with E-state index < -0.39 is 13.7 Å². The molecular weight excluding hydrogens is 375 g/mol. The average Bonchev–Trinajstić information content (AvgIpc) is 2.65. The quantitative estimate of drug-likeness (QED) is 0.155. The van der Waals surface area contributed by atoms with E-state index in [9.17, 15) is 4.57 Å². The summed E-state index contributed by atoms with van der Waals surface area (Å²) in [5.74, 6) is 0. The molecule has 2 N–H and O–H groups in total. The van der Waals surface area contributed by atoms with E-state index in [1.807, 2.05) is 0 Å². The van der Waals surface area contributed by atoms with Gasteiger partial charge in [0.15, 0.2) is 0 Å². The summed E-state index contributed by atoms with van der Waals surface area (Å²) in [7, 11) is -2.58. The van der Waals surface area contributed by atoms with Crippen molar-refractivity contribution in [3.8, 4) is 0 Å². The zero-order valence-electron chi connectivity index (χ0n) is 18.6. The van der Waals surface area contributed by atoms with Crippen LogP contribution in [-0.2, 0) is 14.0 Å². The highest BCUT2D eigenvalue weighted by Crippen LogP contribution is 2.35. The smallest absolute Gasteiger partial charge is 0.328 e. The molecule has 0 rings (SSSR count).